The fourth-order valence-corrected chi connectivity index (χ4v) is 4.00. The van der Waals surface area contributed by atoms with Crippen LogP contribution >= 0.6 is 12.4 Å². The number of nitrogens with one attached hydrogen (secondary N) is 2. The van der Waals surface area contributed by atoms with Gasteiger partial charge in [0.25, 0.3) is 11.8 Å². The Bertz CT molecular complexity index is 1280. The molecule has 2 N–H and O–H groups in total. The van der Waals surface area contributed by atoms with Crippen molar-refractivity contribution in [3.05, 3.63) is 70.8 Å². The van der Waals surface area contributed by atoms with Crippen molar-refractivity contribution in [2.45, 2.75) is 12.7 Å². The molecule has 0 bridgehead atoms. The van der Waals surface area contributed by atoms with E-state index in [2.05, 4.69) is 20.5 Å². The number of anilines is 2. The molecule has 0 atom stereocenters. The minimum absolute atomic E-state index is 0. The second kappa shape index (κ2) is 11.8. The third-order valence-corrected chi connectivity index (χ3v) is 5.87. The van der Waals surface area contributed by atoms with Gasteiger partial charge in [-0.1, -0.05) is 6.07 Å². The van der Waals surface area contributed by atoms with Crippen molar-refractivity contribution in [3.8, 4) is 0 Å². The molecule has 2 amide bonds. The number of halogens is 5. The zero-order chi connectivity index (χ0) is 26.7. The van der Waals surface area contributed by atoms with Crippen molar-refractivity contribution < 1.29 is 27.2 Å². The normalized spacial score (nSPS) is 14.1. The van der Waals surface area contributed by atoms with E-state index in [0.29, 0.717) is 48.6 Å². The van der Waals surface area contributed by atoms with Crippen LogP contribution in [0, 0.1) is 5.82 Å². The van der Waals surface area contributed by atoms with E-state index in [9.17, 15) is 27.2 Å². The number of aromatic nitrogens is 3. The highest BCUT2D eigenvalue weighted by Gasteiger charge is 2.36. The SMILES string of the molecule is CN(C)C(=O)c1cc(CN2CCN(C(=O)c3cccc(C(F)(F)F)c3F)CC2)nc(Nc2ccn[nH]2)c1.Cl. The third-order valence-electron chi connectivity index (χ3n) is 5.87. The first-order valence-corrected chi connectivity index (χ1v) is 11.4. The van der Waals surface area contributed by atoms with Gasteiger partial charge in [-0.15, -0.1) is 12.4 Å². The van der Waals surface area contributed by atoms with Gasteiger partial charge in [-0.05, 0) is 24.3 Å². The second-order valence-corrected chi connectivity index (χ2v) is 8.76. The van der Waals surface area contributed by atoms with Gasteiger partial charge in [0.1, 0.15) is 17.5 Å². The van der Waals surface area contributed by atoms with Gasteiger partial charge in [0.2, 0.25) is 0 Å². The highest BCUT2D eigenvalue weighted by Crippen LogP contribution is 2.32. The number of carbonyl (C=O) groups is 2. The number of amides is 2. The van der Waals surface area contributed by atoms with Crippen molar-refractivity contribution in [1.29, 1.82) is 0 Å². The van der Waals surface area contributed by atoms with Crippen LogP contribution in [-0.4, -0.2) is 82.0 Å². The number of alkyl halides is 3. The van der Waals surface area contributed by atoms with Gasteiger partial charge < -0.3 is 15.1 Å². The Labute approximate surface area is 222 Å². The topological polar surface area (TPSA) is 97.5 Å². The van der Waals surface area contributed by atoms with Crippen molar-refractivity contribution in [2.75, 3.05) is 45.6 Å². The predicted octanol–water partition coefficient (Wildman–Crippen LogP) is 3.79. The Morgan fingerprint density at radius 3 is 2.42 bits per heavy atom. The molecule has 1 fully saturated rings. The van der Waals surface area contributed by atoms with E-state index in [-0.39, 0.29) is 31.4 Å². The predicted molar refractivity (Wildman–Crippen MR) is 134 cm³/mol. The summed E-state index contributed by atoms with van der Waals surface area (Å²) in [5.41, 5.74) is -1.02. The molecular weight excluding hydrogens is 530 g/mol. The largest absolute Gasteiger partial charge is 0.419 e. The quantitative estimate of drug-likeness (QED) is 0.449. The maximum Gasteiger partial charge on any atom is 0.419 e. The summed E-state index contributed by atoms with van der Waals surface area (Å²) in [6.07, 6.45) is -3.32. The Morgan fingerprint density at radius 2 is 1.82 bits per heavy atom. The molecule has 9 nitrogen and oxygen atoms in total. The zero-order valence-corrected chi connectivity index (χ0v) is 21.4. The van der Waals surface area contributed by atoms with Crippen LogP contribution in [0.15, 0.2) is 42.6 Å². The van der Waals surface area contributed by atoms with Crippen LogP contribution in [0.1, 0.15) is 32.0 Å². The summed E-state index contributed by atoms with van der Waals surface area (Å²) in [4.78, 5) is 34.7. The molecule has 4 rings (SSSR count). The summed E-state index contributed by atoms with van der Waals surface area (Å²) >= 11 is 0. The lowest BCUT2D eigenvalue weighted by molar-refractivity contribution is -0.140. The van der Waals surface area contributed by atoms with Gasteiger partial charge in [0, 0.05) is 58.4 Å². The number of hydrogen-bond acceptors (Lipinski definition) is 6. The number of H-pyrrole nitrogens is 1. The Balaban J connectivity index is 0.00000400. The maximum absolute atomic E-state index is 14.4. The molecule has 1 aliphatic heterocycles. The molecule has 38 heavy (non-hydrogen) atoms. The summed E-state index contributed by atoms with van der Waals surface area (Å²) in [6, 6.07) is 7.73. The molecule has 0 unspecified atom stereocenters. The molecule has 0 radical (unpaired) electrons. The minimum atomic E-state index is -4.89. The van der Waals surface area contributed by atoms with Crippen LogP contribution in [0.4, 0.5) is 29.2 Å². The Morgan fingerprint density at radius 1 is 1.11 bits per heavy atom. The van der Waals surface area contributed by atoms with Crippen LogP contribution in [0.3, 0.4) is 0 Å². The summed E-state index contributed by atoms with van der Waals surface area (Å²) in [6.45, 7) is 1.55. The number of piperazine rings is 1. The van der Waals surface area contributed by atoms with Gasteiger partial charge in [0.15, 0.2) is 0 Å². The minimum Gasteiger partial charge on any atom is -0.345 e. The van der Waals surface area contributed by atoms with Gasteiger partial charge >= 0.3 is 6.18 Å². The number of pyridine rings is 1. The van der Waals surface area contributed by atoms with Crippen LogP contribution < -0.4 is 5.32 Å². The van der Waals surface area contributed by atoms with Gasteiger partial charge in [0.05, 0.1) is 23.0 Å². The molecule has 14 heteroatoms. The molecule has 1 aromatic carbocycles. The Hall–Kier alpha value is -3.71. The first-order chi connectivity index (χ1) is 17.5. The fourth-order valence-electron chi connectivity index (χ4n) is 4.00. The second-order valence-electron chi connectivity index (χ2n) is 8.76. The molecule has 3 heterocycles. The molecule has 0 spiro atoms. The Kier molecular flexibility index (Phi) is 8.94. The first-order valence-electron chi connectivity index (χ1n) is 11.4. The molecule has 1 saturated heterocycles. The average Bonchev–Trinajstić information content (AvgIpc) is 3.36. The van der Waals surface area contributed by atoms with Gasteiger partial charge in [-0.3, -0.25) is 19.6 Å². The summed E-state index contributed by atoms with van der Waals surface area (Å²) in [7, 11) is 3.29. The standard InChI is InChI=1S/C24H25F4N7O2.ClH/c1-33(2)22(36)15-12-16(30-20(13-15)31-19-6-7-29-32-19)14-34-8-10-35(11-9-34)23(37)17-4-3-5-18(21(17)25)24(26,27)28;/h3-7,12-13H,8-11,14H2,1-2H3,(H2,29,30,31,32);1H. The lowest BCUT2D eigenvalue weighted by Gasteiger charge is -2.34. The van der Waals surface area contributed by atoms with Crippen LogP contribution in [-0.2, 0) is 12.7 Å². The fraction of sp³-hybridized carbons (Fsp3) is 0.333. The number of rotatable bonds is 6. The van der Waals surface area contributed by atoms with Gasteiger partial charge in [-0.2, -0.15) is 18.3 Å². The van der Waals surface area contributed by atoms with E-state index in [1.165, 1.54) is 9.80 Å². The maximum atomic E-state index is 14.4. The highest BCUT2D eigenvalue weighted by atomic mass is 35.5. The lowest BCUT2D eigenvalue weighted by atomic mass is 10.1. The van der Waals surface area contributed by atoms with Crippen molar-refractivity contribution >= 4 is 35.9 Å². The van der Waals surface area contributed by atoms with E-state index in [0.717, 1.165) is 12.1 Å². The van der Waals surface area contributed by atoms with Crippen LogP contribution in [0.2, 0.25) is 0 Å². The van der Waals surface area contributed by atoms with Crippen molar-refractivity contribution in [2.24, 2.45) is 0 Å². The molecule has 204 valence electrons. The monoisotopic (exact) mass is 555 g/mol. The van der Waals surface area contributed by atoms with Crippen LogP contribution in [0.25, 0.3) is 0 Å². The summed E-state index contributed by atoms with van der Waals surface area (Å²) < 4.78 is 53.6. The highest BCUT2D eigenvalue weighted by molar-refractivity contribution is 5.95. The van der Waals surface area contributed by atoms with E-state index < -0.39 is 29.0 Å². The number of nitrogens with zero attached hydrogens (tertiary/aromatic N) is 5. The lowest BCUT2D eigenvalue weighted by Crippen LogP contribution is -2.48. The number of carbonyl (C=O) groups excluding carboxylic acids is 2. The van der Waals surface area contributed by atoms with E-state index in [1.54, 1.807) is 38.5 Å². The third kappa shape index (κ3) is 6.58. The van der Waals surface area contributed by atoms with Crippen molar-refractivity contribution in [3.63, 3.8) is 0 Å². The zero-order valence-electron chi connectivity index (χ0n) is 20.5. The molecule has 2 aromatic heterocycles. The van der Waals surface area contributed by atoms with Gasteiger partial charge in [-0.25, -0.2) is 9.37 Å². The number of hydrogen-bond donors (Lipinski definition) is 2. The first kappa shape index (κ1) is 28.9. The molecule has 3 aromatic rings. The van der Waals surface area contributed by atoms with E-state index in [1.807, 2.05) is 4.90 Å². The van der Waals surface area contributed by atoms with E-state index >= 15 is 0 Å². The number of benzene rings is 1. The average molecular weight is 556 g/mol. The number of aromatic amines is 1. The van der Waals surface area contributed by atoms with Crippen molar-refractivity contribution in [1.82, 2.24) is 29.9 Å². The van der Waals surface area contributed by atoms with E-state index in [4.69, 9.17) is 0 Å². The summed E-state index contributed by atoms with van der Waals surface area (Å²) in [5, 5.41) is 9.71. The summed E-state index contributed by atoms with van der Waals surface area (Å²) in [5.74, 6) is -1.50. The molecule has 0 aliphatic carbocycles. The smallest absolute Gasteiger partial charge is 0.345 e. The molecular formula is C24H26ClF4N7O2. The van der Waals surface area contributed by atoms with Crippen LogP contribution in [0.5, 0.6) is 0 Å². The molecule has 0 saturated carbocycles. The molecule has 1 aliphatic rings.